The molecule has 2 aromatic rings. The fourth-order valence-electron chi connectivity index (χ4n) is 2.62. The third kappa shape index (κ3) is 5.37. The highest BCUT2D eigenvalue weighted by atomic mass is 19.1. The van der Waals surface area contributed by atoms with E-state index >= 15 is 0 Å². The van der Waals surface area contributed by atoms with Gasteiger partial charge in [-0.3, -0.25) is 4.79 Å². The second-order valence-corrected chi connectivity index (χ2v) is 5.90. The van der Waals surface area contributed by atoms with Gasteiger partial charge in [0.25, 0.3) is 0 Å². The van der Waals surface area contributed by atoms with Gasteiger partial charge in [0.15, 0.2) is 0 Å². The minimum Gasteiger partial charge on any atom is -0.496 e. The lowest BCUT2D eigenvalue weighted by molar-refractivity contribution is -0.130. The summed E-state index contributed by atoms with van der Waals surface area (Å²) in [6, 6.07) is 14.3. The molecule has 4 heteroatoms. The third-order valence-corrected chi connectivity index (χ3v) is 4.05. The van der Waals surface area contributed by atoms with Crippen molar-refractivity contribution in [1.29, 1.82) is 0 Å². The average Bonchev–Trinajstić information content (AvgIpc) is 2.60. The van der Waals surface area contributed by atoms with E-state index < -0.39 is 0 Å². The normalized spacial score (nSPS) is 10.5. The molecule has 0 saturated carbocycles. The standard InChI is InChI=1S/C20H24FNO2/c1-22(15-17-8-4-5-9-19(17)24-2)20(23)10-6-3-7-16-11-13-18(21)14-12-16/h4-5,8-9,11-14H,3,6-7,10,15H2,1-2H3. The Labute approximate surface area is 143 Å². The third-order valence-electron chi connectivity index (χ3n) is 4.05. The van der Waals surface area contributed by atoms with Crippen LogP contribution in [-0.2, 0) is 17.8 Å². The molecule has 0 saturated heterocycles. The van der Waals surface area contributed by atoms with Gasteiger partial charge in [-0.1, -0.05) is 30.3 Å². The van der Waals surface area contributed by atoms with Gasteiger partial charge in [-0.25, -0.2) is 4.39 Å². The number of para-hydroxylation sites is 1. The number of methoxy groups -OCH3 is 1. The molecule has 128 valence electrons. The monoisotopic (exact) mass is 329 g/mol. The average molecular weight is 329 g/mol. The number of carbonyl (C=O) groups is 1. The van der Waals surface area contributed by atoms with E-state index in [1.807, 2.05) is 31.3 Å². The zero-order valence-corrected chi connectivity index (χ0v) is 14.3. The number of halogens is 1. The first kappa shape index (κ1) is 18.0. The number of nitrogens with zero attached hydrogens (tertiary/aromatic N) is 1. The van der Waals surface area contributed by atoms with Crippen molar-refractivity contribution in [2.45, 2.75) is 32.2 Å². The van der Waals surface area contributed by atoms with E-state index in [4.69, 9.17) is 4.74 Å². The van der Waals surface area contributed by atoms with Crippen molar-refractivity contribution < 1.29 is 13.9 Å². The van der Waals surface area contributed by atoms with Crippen molar-refractivity contribution in [1.82, 2.24) is 4.90 Å². The first-order valence-corrected chi connectivity index (χ1v) is 8.20. The molecule has 1 amide bonds. The molecule has 0 heterocycles. The van der Waals surface area contributed by atoms with E-state index in [0.717, 1.165) is 36.1 Å². The van der Waals surface area contributed by atoms with Gasteiger partial charge in [0.1, 0.15) is 11.6 Å². The quantitative estimate of drug-likeness (QED) is 0.679. The molecule has 0 aliphatic heterocycles. The molecule has 0 unspecified atom stereocenters. The number of carbonyl (C=O) groups excluding carboxylic acids is 1. The van der Waals surface area contributed by atoms with E-state index in [0.29, 0.717) is 13.0 Å². The Morgan fingerprint density at radius 3 is 2.50 bits per heavy atom. The topological polar surface area (TPSA) is 29.5 Å². The Hall–Kier alpha value is -2.36. The van der Waals surface area contributed by atoms with Crippen molar-refractivity contribution in [2.75, 3.05) is 14.2 Å². The summed E-state index contributed by atoms with van der Waals surface area (Å²) >= 11 is 0. The molecular weight excluding hydrogens is 305 g/mol. The summed E-state index contributed by atoms with van der Waals surface area (Å²) in [5.74, 6) is 0.709. The molecule has 0 aliphatic carbocycles. The summed E-state index contributed by atoms with van der Waals surface area (Å²) in [7, 11) is 3.45. The maximum absolute atomic E-state index is 12.8. The Bertz CT molecular complexity index is 655. The molecule has 0 aliphatic rings. The Morgan fingerprint density at radius 1 is 1.08 bits per heavy atom. The number of ether oxygens (including phenoxy) is 1. The fourth-order valence-corrected chi connectivity index (χ4v) is 2.62. The van der Waals surface area contributed by atoms with Crippen LogP contribution in [0.2, 0.25) is 0 Å². The molecule has 3 nitrogen and oxygen atoms in total. The summed E-state index contributed by atoms with van der Waals surface area (Å²) in [5.41, 5.74) is 2.10. The number of hydrogen-bond acceptors (Lipinski definition) is 2. The van der Waals surface area contributed by atoms with Crippen LogP contribution in [0.1, 0.15) is 30.4 Å². The summed E-state index contributed by atoms with van der Waals surface area (Å²) in [5, 5.41) is 0. The molecule has 0 atom stereocenters. The number of rotatable bonds is 8. The maximum atomic E-state index is 12.8. The van der Waals surface area contributed by atoms with Crippen LogP contribution in [-0.4, -0.2) is 25.0 Å². The van der Waals surface area contributed by atoms with Gasteiger partial charge in [-0.05, 0) is 43.0 Å². The molecular formula is C20H24FNO2. The van der Waals surface area contributed by atoms with Crippen molar-refractivity contribution >= 4 is 5.91 Å². The van der Waals surface area contributed by atoms with E-state index in [2.05, 4.69) is 0 Å². The predicted molar refractivity (Wildman–Crippen MR) is 93.4 cm³/mol. The molecule has 0 fully saturated rings. The van der Waals surface area contributed by atoms with Gasteiger partial charge < -0.3 is 9.64 Å². The van der Waals surface area contributed by atoms with E-state index in [-0.39, 0.29) is 11.7 Å². The largest absolute Gasteiger partial charge is 0.496 e. The lowest BCUT2D eigenvalue weighted by Gasteiger charge is -2.18. The van der Waals surface area contributed by atoms with Gasteiger partial charge in [0.2, 0.25) is 5.91 Å². The molecule has 0 aromatic heterocycles. The lowest BCUT2D eigenvalue weighted by atomic mass is 10.1. The minimum absolute atomic E-state index is 0.125. The minimum atomic E-state index is -0.216. The molecule has 2 aromatic carbocycles. The highest BCUT2D eigenvalue weighted by Gasteiger charge is 2.11. The summed E-state index contributed by atoms with van der Waals surface area (Å²) in [6.45, 7) is 0.542. The van der Waals surface area contributed by atoms with Crippen LogP contribution >= 0.6 is 0 Å². The second kappa shape index (κ2) is 9.06. The summed E-state index contributed by atoms with van der Waals surface area (Å²) in [6.07, 6.45) is 3.13. The number of hydrogen-bond donors (Lipinski definition) is 0. The van der Waals surface area contributed by atoms with Crippen molar-refractivity contribution in [3.63, 3.8) is 0 Å². The number of unbranched alkanes of at least 4 members (excludes halogenated alkanes) is 1. The van der Waals surface area contributed by atoms with Crippen LogP contribution in [0.3, 0.4) is 0 Å². The molecule has 0 bridgehead atoms. The first-order valence-electron chi connectivity index (χ1n) is 8.20. The smallest absolute Gasteiger partial charge is 0.222 e. The number of amides is 1. The van der Waals surface area contributed by atoms with Gasteiger partial charge >= 0.3 is 0 Å². The zero-order chi connectivity index (χ0) is 17.4. The van der Waals surface area contributed by atoms with E-state index in [1.165, 1.54) is 12.1 Å². The molecule has 0 radical (unpaired) electrons. The Kier molecular flexibility index (Phi) is 6.79. The fraction of sp³-hybridized carbons (Fsp3) is 0.350. The SMILES string of the molecule is COc1ccccc1CN(C)C(=O)CCCCc1ccc(F)cc1. The molecule has 24 heavy (non-hydrogen) atoms. The predicted octanol–water partition coefficient (Wildman–Crippen LogP) is 4.21. The Morgan fingerprint density at radius 2 is 1.79 bits per heavy atom. The van der Waals surface area contributed by atoms with Crippen LogP contribution in [0.25, 0.3) is 0 Å². The van der Waals surface area contributed by atoms with Crippen LogP contribution in [0.4, 0.5) is 4.39 Å². The van der Waals surface area contributed by atoms with Crippen LogP contribution < -0.4 is 4.74 Å². The highest BCUT2D eigenvalue weighted by molar-refractivity contribution is 5.75. The van der Waals surface area contributed by atoms with Crippen LogP contribution in [0.15, 0.2) is 48.5 Å². The Balaban J connectivity index is 1.74. The molecule has 2 rings (SSSR count). The van der Waals surface area contributed by atoms with Crippen LogP contribution in [0, 0.1) is 5.82 Å². The van der Waals surface area contributed by atoms with Crippen LogP contribution in [0.5, 0.6) is 5.75 Å². The van der Waals surface area contributed by atoms with Crippen molar-refractivity contribution in [3.8, 4) is 5.75 Å². The summed E-state index contributed by atoms with van der Waals surface area (Å²) < 4.78 is 18.2. The number of aryl methyl sites for hydroxylation is 1. The van der Waals surface area contributed by atoms with Gasteiger partial charge in [-0.2, -0.15) is 0 Å². The maximum Gasteiger partial charge on any atom is 0.222 e. The second-order valence-electron chi connectivity index (χ2n) is 5.90. The van der Waals surface area contributed by atoms with Crippen molar-refractivity contribution in [3.05, 3.63) is 65.5 Å². The highest BCUT2D eigenvalue weighted by Crippen LogP contribution is 2.19. The first-order chi connectivity index (χ1) is 11.6. The van der Waals surface area contributed by atoms with Gasteiger partial charge in [-0.15, -0.1) is 0 Å². The van der Waals surface area contributed by atoms with Crippen molar-refractivity contribution in [2.24, 2.45) is 0 Å². The zero-order valence-electron chi connectivity index (χ0n) is 14.3. The lowest BCUT2D eigenvalue weighted by Crippen LogP contribution is -2.26. The molecule has 0 spiro atoms. The number of benzene rings is 2. The van der Waals surface area contributed by atoms with E-state index in [9.17, 15) is 9.18 Å². The summed E-state index contributed by atoms with van der Waals surface area (Å²) in [4.78, 5) is 14.0. The van der Waals surface area contributed by atoms with Gasteiger partial charge in [0.05, 0.1) is 7.11 Å². The van der Waals surface area contributed by atoms with E-state index in [1.54, 1.807) is 24.1 Å². The van der Waals surface area contributed by atoms with Gasteiger partial charge in [0, 0.05) is 25.6 Å². The molecule has 0 N–H and O–H groups in total.